The van der Waals surface area contributed by atoms with Gasteiger partial charge >= 0.3 is 12.3 Å². The molecule has 0 saturated carbocycles. The van der Waals surface area contributed by atoms with E-state index in [-0.39, 0.29) is 0 Å². The summed E-state index contributed by atoms with van der Waals surface area (Å²) in [6.07, 6.45) is -5.00. The van der Waals surface area contributed by atoms with Crippen LogP contribution in [0.25, 0.3) is 22.2 Å². The number of halogens is 4. The second kappa shape index (κ2) is 7.28. The predicted molar refractivity (Wildman–Crippen MR) is 107 cm³/mol. The Morgan fingerprint density at radius 3 is 2.25 bits per heavy atom. The Morgan fingerprint density at radius 1 is 1.07 bits per heavy atom. The summed E-state index contributed by atoms with van der Waals surface area (Å²) in [4.78, 5) is 12.9. The van der Waals surface area contributed by atoms with Crippen molar-refractivity contribution >= 4 is 32.9 Å². The van der Waals surface area contributed by atoms with E-state index in [2.05, 4.69) is 15.9 Å². The second-order valence-corrected chi connectivity index (χ2v) is 7.96. The molecule has 28 heavy (non-hydrogen) atoms. The van der Waals surface area contributed by atoms with Crippen LogP contribution < -0.4 is 0 Å². The van der Waals surface area contributed by atoms with Gasteiger partial charge in [-0.25, -0.2) is 9.36 Å². The molecule has 0 radical (unpaired) electrons. The summed E-state index contributed by atoms with van der Waals surface area (Å²) in [5, 5.41) is 1.41. The normalized spacial score (nSPS) is 12.4. The Labute approximate surface area is 169 Å². The molecule has 7 heteroatoms. The minimum absolute atomic E-state index is 0.478. The van der Waals surface area contributed by atoms with Crippen LogP contribution >= 0.6 is 15.9 Å². The molecule has 0 unspecified atom stereocenters. The van der Waals surface area contributed by atoms with Gasteiger partial charge in [0.05, 0.1) is 16.8 Å². The van der Waals surface area contributed by atoms with E-state index in [1.165, 1.54) is 16.7 Å². The van der Waals surface area contributed by atoms with Crippen LogP contribution in [0.3, 0.4) is 0 Å². The molecule has 1 heterocycles. The second-order valence-electron chi connectivity index (χ2n) is 7.40. The molecule has 3 aromatic rings. The van der Waals surface area contributed by atoms with Crippen molar-refractivity contribution in [1.82, 2.24) is 4.57 Å². The van der Waals surface area contributed by atoms with Gasteiger partial charge in [-0.3, -0.25) is 0 Å². The number of benzene rings is 2. The minimum atomic E-state index is -4.42. The van der Waals surface area contributed by atoms with Crippen molar-refractivity contribution in [2.24, 2.45) is 0 Å². The predicted octanol–water partition coefficient (Wildman–Crippen LogP) is 7.01. The third kappa shape index (κ3) is 4.09. The Balaban J connectivity index is 2.21. The van der Waals surface area contributed by atoms with Crippen LogP contribution in [-0.4, -0.2) is 16.3 Å². The molecule has 0 spiro atoms. The maximum Gasteiger partial charge on any atom is 0.419 e. The van der Waals surface area contributed by atoms with Crippen LogP contribution in [0.2, 0.25) is 0 Å². The molecule has 0 fully saturated rings. The summed E-state index contributed by atoms with van der Waals surface area (Å²) < 4.78 is 45.6. The van der Waals surface area contributed by atoms with Crippen molar-refractivity contribution < 1.29 is 22.7 Å². The van der Waals surface area contributed by atoms with Crippen molar-refractivity contribution in [2.75, 3.05) is 0 Å². The van der Waals surface area contributed by atoms with Crippen LogP contribution in [-0.2, 0) is 16.2 Å². The Bertz CT molecular complexity index is 1020. The van der Waals surface area contributed by atoms with Gasteiger partial charge in [0.15, 0.2) is 0 Å². The highest BCUT2D eigenvalue weighted by Gasteiger charge is 2.30. The molecule has 148 valence electrons. The fraction of sp³-hybridized carbons (Fsp3) is 0.286. The molecule has 0 N–H and O–H groups in total. The first-order valence-corrected chi connectivity index (χ1v) is 9.74. The van der Waals surface area contributed by atoms with Crippen LogP contribution in [0.5, 0.6) is 0 Å². The number of ether oxygens (including phenoxy) is 1. The maximum atomic E-state index is 12.9. The number of carbonyl (C=O) groups excluding carboxylic acids is 1. The number of hydrogen-bond acceptors (Lipinski definition) is 2. The fourth-order valence-electron chi connectivity index (χ4n) is 2.96. The largest absolute Gasteiger partial charge is 0.443 e. The molecule has 0 bridgehead atoms. The molecule has 0 aliphatic carbocycles. The molecule has 2 aromatic carbocycles. The lowest BCUT2D eigenvalue weighted by molar-refractivity contribution is -0.137. The molecular formula is C21H19BrF3NO2. The summed E-state index contributed by atoms with van der Waals surface area (Å²) >= 11 is 3.44. The topological polar surface area (TPSA) is 31.2 Å². The van der Waals surface area contributed by atoms with Gasteiger partial charge in [0.25, 0.3) is 0 Å². The van der Waals surface area contributed by atoms with Crippen LogP contribution in [0.4, 0.5) is 18.0 Å². The first-order valence-electron chi connectivity index (χ1n) is 8.61. The highest BCUT2D eigenvalue weighted by atomic mass is 79.9. The third-order valence-electron chi connectivity index (χ3n) is 4.16. The molecule has 0 aliphatic rings. The van der Waals surface area contributed by atoms with Crippen molar-refractivity contribution in [3.63, 3.8) is 0 Å². The monoisotopic (exact) mass is 453 g/mol. The van der Waals surface area contributed by atoms with Crippen molar-refractivity contribution in [1.29, 1.82) is 0 Å². The highest BCUT2D eigenvalue weighted by molar-refractivity contribution is 9.08. The summed E-state index contributed by atoms with van der Waals surface area (Å²) in [6, 6.07) is 12.1. The van der Waals surface area contributed by atoms with Gasteiger partial charge in [0, 0.05) is 10.7 Å². The minimum Gasteiger partial charge on any atom is -0.443 e. The van der Waals surface area contributed by atoms with E-state index >= 15 is 0 Å². The quantitative estimate of drug-likeness (QED) is 0.391. The summed E-state index contributed by atoms with van der Waals surface area (Å²) in [5.74, 6) is 0. The average Bonchev–Trinajstić information content (AvgIpc) is 2.99. The molecule has 0 amide bonds. The molecular weight excluding hydrogens is 435 g/mol. The zero-order chi connectivity index (χ0) is 20.7. The first-order chi connectivity index (χ1) is 13.0. The Kier molecular flexibility index (Phi) is 5.32. The highest BCUT2D eigenvalue weighted by Crippen LogP contribution is 2.34. The number of hydrogen-bond donors (Lipinski definition) is 0. The number of rotatable bonds is 2. The molecule has 3 rings (SSSR count). The first kappa shape index (κ1) is 20.5. The lowest BCUT2D eigenvalue weighted by atomic mass is 10.1. The Hall–Kier alpha value is -2.28. The van der Waals surface area contributed by atoms with E-state index in [1.807, 2.05) is 12.1 Å². The number of fused-ring (bicyclic) bond motifs is 1. The lowest BCUT2D eigenvalue weighted by Gasteiger charge is -2.21. The van der Waals surface area contributed by atoms with Gasteiger partial charge in [-0.05, 0) is 56.2 Å². The van der Waals surface area contributed by atoms with E-state index in [0.717, 1.165) is 23.1 Å². The number of aromatic nitrogens is 1. The van der Waals surface area contributed by atoms with Gasteiger partial charge in [-0.1, -0.05) is 40.2 Å². The molecule has 0 aliphatic heterocycles. The van der Waals surface area contributed by atoms with Crippen molar-refractivity contribution in [3.05, 3.63) is 59.7 Å². The van der Waals surface area contributed by atoms with Crippen LogP contribution in [0.15, 0.2) is 48.5 Å². The zero-order valence-electron chi connectivity index (χ0n) is 15.6. The van der Waals surface area contributed by atoms with Crippen LogP contribution in [0, 0.1) is 0 Å². The summed E-state index contributed by atoms with van der Waals surface area (Å²) in [6.45, 7) is 5.29. The van der Waals surface area contributed by atoms with Gasteiger partial charge in [-0.15, -0.1) is 0 Å². The lowest BCUT2D eigenvalue weighted by Crippen LogP contribution is -2.27. The smallest absolute Gasteiger partial charge is 0.419 e. The average molecular weight is 454 g/mol. The molecule has 1 aromatic heterocycles. The van der Waals surface area contributed by atoms with Gasteiger partial charge in [0.2, 0.25) is 0 Å². The number of alkyl halides is 4. The number of carbonyl (C=O) groups is 1. The van der Waals surface area contributed by atoms with Crippen LogP contribution in [0.1, 0.15) is 31.9 Å². The fourth-order valence-corrected chi connectivity index (χ4v) is 3.44. The van der Waals surface area contributed by atoms with E-state index < -0.39 is 23.4 Å². The van der Waals surface area contributed by atoms with Gasteiger partial charge in [0.1, 0.15) is 5.60 Å². The van der Waals surface area contributed by atoms with E-state index in [9.17, 15) is 18.0 Å². The van der Waals surface area contributed by atoms with E-state index in [4.69, 9.17) is 4.74 Å². The van der Waals surface area contributed by atoms with E-state index in [0.29, 0.717) is 22.1 Å². The van der Waals surface area contributed by atoms with E-state index in [1.54, 1.807) is 32.9 Å². The molecule has 0 atom stereocenters. The molecule has 3 nitrogen and oxygen atoms in total. The maximum absolute atomic E-state index is 12.9. The SMILES string of the molecule is CC(C)(C)OC(=O)n1c(-c2ccc(C(F)(F)F)cc2)cc2c(CBr)cccc21. The number of nitrogens with zero attached hydrogens (tertiary/aromatic N) is 1. The zero-order valence-corrected chi connectivity index (χ0v) is 17.2. The third-order valence-corrected chi connectivity index (χ3v) is 4.77. The summed E-state index contributed by atoms with van der Waals surface area (Å²) in [7, 11) is 0. The van der Waals surface area contributed by atoms with Crippen molar-refractivity contribution in [3.8, 4) is 11.3 Å². The molecule has 0 saturated heterocycles. The standard InChI is InChI=1S/C21H19BrF3NO2/c1-20(2,3)28-19(27)26-17-6-4-5-14(12-22)16(17)11-18(26)13-7-9-15(10-8-13)21(23,24)25/h4-11H,12H2,1-3H3. The Morgan fingerprint density at radius 2 is 1.71 bits per heavy atom. The van der Waals surface area contributed by atoms with Crippen molar-refractivity contribution in [2.45, 2.75) is 37.9 Å². The van der Waals surface area contributed by atoms with Gasteiger partial charge < -0.3 is 4.74 Å². The van der Waals surface area contributed by atoms with Gasteiger partial charge in [-0.2, -0.15) is 13.2 Å². The summed E-state index contributed by atoms with van der Waals surface area (Å²) in [5.41, 5.74) is 1.13.